The third kappa shape index (κ3) is 3.72. The number of nitriles is 2. The van der Waals surface area contributed by atoms with Crippen molar-refractivity contribution in [3.8, 4) is 17.8 Å². The van der Waals surface area contributed by atoms with Gasteiger partial charge in [-0.25, -0.2) is 9.84 Å². The van der Waals surface area contributed by atoms with Crippen LogP contribution in [0.2, 0.25) is 0 Å². The quantitative estimate of drug-likeness (QED) is 0.563. The number of rotatable bonds is 4. The fourth-order valence-corrected chi connectivity index (χ4v) is 3.39. The van der Waals surface area contributed by atoms with Crippen molar-refractivity contribution < 1.29 is 0 Å². The van der Waals surface area contributed by atoms with Gasteiger partial charge in [-0.2, -0.15) is 15.2 Å². The molecule has 156 valence electrons. The molecule has 0 N–H and O–H groups in total. The number of amidine groups is 1. The van der Waals surface area contributed by atoms with E-state index >= 15 is 0 Å². The molecule has 1 unspecified atom stereocenters. The summed E-state index contributed by atoms with van der Waals surface area (Å²) < 4.78 is 1.39. The molecule has 0 saturated carbocycles. The van der Waals surface area contributed by atoms with Gasteiger partial charge < -0.3 is 4.85 Å². The standard InChI is InChI=1S/C24H15N9/c1-24(2,21-29-19(14-26)20(30-21)16-8-5-7-15(11-16)13-25)22-31-23(28-4)33(32-22)18-10-6-9-17(12-18)27-3/h5-12,20H,1-2H3. The van der Waals surface area contributed by atoms with Crippen LogP contribution in [0.1, 0.15) is 36.8 Å². The molecule has 0 aliphatic carbocycles. The van der Waals surface area contributed by atoms with Crippen LogP contribution in [-0.4, -0.2) is 26.3 Å². The third-order valence-corrected chi connectivity index (χ3v) is 5.19. The molecule has 0 bridgehead atoms. The summed E-state index contributed by atoms with van der Waals surface area (Å²) in [5.41, 5.74) is 1.43. The summed E-state index contributed by atoms with van der Waals surface area (Å²) in [5, 5.41) is 23.4. The van der Waals surface area contributed by atoms with Crippen LogP contribution in [0.25, 0.3) is 15.4 Å². The normalized spacial score (nSPS) is 14.9. The van der Waals surface area contributed by atoms with Gasteiger partial charge in [0.05, 0.1) is 18.2 Å². The van der Waals surface area contributed by atoms with E-state index in [1.807, 2.05) is 13.8 Å². The molecule has 33 heavy (non-hydrogen) atoms. The Bertz CT molecular complexity index is 1490. The van der Waals surface area contributed by atoms with Crippen LogP contribution in [-0.2, 0) is 5.41 Å². The number of aromatic nitrogens is 3. The Morgan fingerprint density at radius 1 is 1.03 bits per heavy atom. The summed E-state index contributed by atoms with van der Waals surface area (Å²) in [5.74, 6) is 0.712. The Morgan fingerprint density at radius 2 is 1.82 bits per heavy atom. The van der Waals surface area contributed by atoms with E-state index in [0.717, 1.165) is 0 Å². The van der Waals surface area contributed by atoms with Crippen LogP contribution >= 0.6 is 0 Å². The van der Waals surface area contributed by atoms with Gasteiger partial charge in [-0.15, -0.1) is 11.6 Å². The minimum atomic E-state index is -0.911. The van der Waals surface area contributed by atoms with Crippen molar-refractivity contribution in [3.63, 3.8) is 0 Å². The zero-order valence-electron chi connectivity index (χ0n) is 17.7. The van der Waals surface area contributed by atoms with Crippen molar-refractivity contribution in [1.82, 2.24) is 14.8 Å². The van der Waals surface area contributed by atoms with E-state index in [1.165, 1.54) is 4.68 Å². The molecule has 9 nitrogen and oxygen atoms in total. The van der Waals surface area contributed by atoms with Crippen molar-refractivity contribution in [2.45, 2.75) is 25.3 Å². The highest BCUT2D eigenvalue weighted by Gasteiger charge is 2.40. The van der Waals surface area contributed by atoms with Gasteiger partial charge in [0.15, 0.2) is 5.69 Å². The number of hydrogen-bond acceptors (Lipinski definition) is 6. The summed E-state index contributed by atoms with van der Waals surface area (Å²) in [4.78, 5) is 20.4. The Morgan fingerprint density at radius 3 is 2.52 bits per heavy atom. The predicted octanol–water partition coefficient (Wildman–Crippen LogP) is 4.64. The fraction of sp³-hybridized carbons (Fsp3) is 0.167. The van der Waals surface area contributed by atoms with Crippen molar-refractivity contribution in [3.05, 3.63) is 88.3 Å². The molecule has 2 aromatic carbocycles. The largest absolute Gasteiger partial charge is 0.395 e. The molecule has 9 heteroatoms. The average Bonchev–Trinajstić information content (AvgIpc) is 3.49. The maximum absolute atomic E-state index is 9.64. The zero-order valence-corrected chi connectivity index (χ0v) is 17.7. The first kappa shape index (κ1) is 21.1. The third-order valence-electron chi connectivity index (χ3n) is 5.19. The van der Waals surface area contributed by atoms with Crippen molar-refractivity contribution in [2.75, 3.05) is 0 Å². The van der Waals surface area contributed by atoms with Gasteiger partial charge in [0.2, 0.25) is 5.82 Å². The van der Waals surface area contributed by atoms with Gasteiger partial charge in [-0.3, -0.25) is 4.99 Å². The van der Waals surface area contributed by atoms with E-state index in [2.05, 4.69) is 41.9 Å². The number of benzene rings is 2. The van der Waals surface area contributed by atoms with Crippen molar-refractivity contribution in [1.29, 1.82) is 10.5 Å². The molecule has 0 saturated heterocycles. The van der Waals surface area contributed by atoms with E-state index in [9.17, 15) is 10.5 Å². The summed E-state index contributed by atoms with van der Waals surface area (Å²) in [6.07, 6.45) is 0. The Labute approximate surface area is 190 Å². The zero-order chi connectivity index (χ0) is 23.6. The lowest BCUT2D eigenvalue weighted by atomic mass is 9.91. The summed E-state index contributed by atoms with van der Waals surface area (Å²) >= 11 is 0. The van der Waals surface area contributed by atoms with E-state index < -0.39 is 11.5 Å². The Balaban J connectivity index is 1.77. The Kier molecular flexibility index (Phi) is 5.24. The molecule has 2 heterocycles. The highest BCUT2D eigenvalue weighted by atomic mass is 15.4. The molecular weight excluding hydrogens is 414 g/mol. The average molecular weight is 429 g/mol. The first-order chi connectivity index (χ1) is 15.9. The lowest BCUT2D eigenvalue weighted by Gasteiger charge is -2.16. The minimum absolute atomic E-state index is 0.0431. The number of hydrogen-bond donors (Lipinski definition) is 0. The first-order valence-corrected chi connectivity index (χ1v) is 9.81. The molecular formula is C24H15N9. The molecule has 0 spiro atoms. The molecule has 1 atom stereocenters. The second kappa shape index (κ2) is 8.19. The predicted molar refractivity (Wildman–Crippen MR) is 121 cm³/mol. The van der Waals surface area contributed by atoms with Crippen LogP contribution < -0.4 is 0 Å². The second-order valence-corrected chi connectivity index (χ2v) is 7.72. The van der Waals surface area contributed by atoms with Crippen molar-refractivity contribution >= 4 is 23.2 Å². The number of aliphatic imine (C=N–C) groups is 2. The SMILES string of the molecule is [C-]#[N+]c1cccc(-n2nc(C(C)(C)C3=NC(c4cccc(C#N)c4)C(C#N)=N3)nc2[N+]#[C-])c1. The molecule has 3 aromatic rings. The molecule has 0 radical (unpaired) electrons. The molecule has 1 aliphatic heterocycles. The topological polar surface area (TPSA) is 112 Å². The van der Waals surface area contributed by atoms with Crippen LogP contribution in [0.4, 0.5) is 11.6 Å². The van der Waals surface area contributed by atoms with Gasteiger partial charge in [-0.05, 0) is 43.7 Å². The summed E-state index contributed by atoms with van der Waals surface area (Å²) in [6, 6.07) is 17.2. The molecule has 0 fully saturated rings. The van der Waals surface area contributed by atoms with Gasteiger partial charge >= 0.3 is 5.95 Å². The van der Waals surface area contributed by atoms with Gasteiger partial charge in [-0.1, -0.05) is 29.4 Å². The van der Waals surface area contributed by atoms with Gasteiger partial charge in [0.1, 0.15) is 34.8 Å². The highest BCUT2D eigenvalue weighted by Crippen LogP contribution is 2.33. The molecule has 4 rings (SSSR count). The minimum Gasteiger partial charge on any atom is -0.395 e. The maximum atomic E-state index is 9.64. The van der Waals surface area contributed by atoms with Gasteiger partial charge in [0, 0.05) is 0 Å². The first-order valence-electron chi connectivity index (χ1n) is 9.81. The van der Waals surface area contributed by atoms with Crippen molar-refractivity contribution in [2.24, 2.45) is 9.98 Å². The summed E-state index contributed by atoms with van der Waals surface area (Å²) in [6.45, 7) is 18.4. The highest BCUT2D eigenvalue weighted by molar-refractivity contribution is 6.15. The second-order valence-electron chi connectivity index (χ2n) is 7.72. The molecule has 1 aromatic heterocycles. The van der Waals surface area contributed by atoms with Crippen LogP contribution in [0.15, 0.2) is 58.5 Å². The smallest absolute Gasteiger partial charge is 0.365 e. The van der Waals surface area contributed by atoms with E-state index in [4.69, 9.17) is 13.1 Å². The van der Waals surface area contributed by atoms with Crippen LogP contribution in [0.5, 0.6) is 0 Å². The van der Waals surface area contributed by atoms with Crippen LogP contribution in [0.3, 0.4) is 0 Å². The maximum Gasteiger partial charge on any atom is 0.365 e. The number of nitrogens with zero attached hydrogens (tertiary/aromatic N) is 9. The van der Waals surface area contributed by atoms with E-state index in [1.54, 1.807) is 48.5 Å². The van der Waals surface area contributed by atoms with E-state index in [0.29, 0.717) is 34.2 Å². The van der Waals surface area contributed by atoms with Gasteiger partial charge in [0.25, 0.3) is 0 Å². The molecule has 0 amide bonds. The summed E-state index contributed by atoms with van der Waals surface area (Å²) in [7, 11) is 0. The monoisotopic (exact) mass is 429 g/mol. The molecule has 1 aliphatic rings. The lowest BCUT2D eigenvalue weighted by Crippen LogP contribution is -2.28. The lowest BCUT2D eigenvalue weighted by molar-refractivity contribution is 0.642. The van der Waals surface area contributed by atoms with Crippen LogP contribution in [0, 0.1) is 35.8 Å². The fourth-order valence-electron chi connectivity index (χ4n) is 3.39. The Hall–Kier alpha value is -5.12. The van der Waals surface area contributed by atoms with E-state index in [-0.39, 0.29) is 11.7 Å².